The lowest BCUT2D eigenvalue weighted by atomic mass is 9.84. The van der Waals surface area contributed by atoms with E-state index in [9.17, 15) is 13.9 Å². The van der Waals surface area contributed by atoms with Crippen LogP contribution in [-0.4, -0.2) is 38.7 Å². The van der Waals surface area contributed by atoms with Crippen molar-refractivity contribution in [3.8, 4) is 0 Å². The van der Waals surface area contributed by atoms with E-state index < -0.39 is 17.2 Å². The van der Waals surface area contributed by atoms with Gasteiger partial charge in [-0.3, -0.25) is 4.90 Å². The van der Waals surface area contributed by atoms with Crippen molar-refractivity contribution in [3.05, 3.63) is 66.3 Å². The van der Waals surface area contributed by atoms with E-state index in [1.807, 2.05) is 6.92 Å². The minimum atomic E-state index is -1.52. The van der Waals surface area contributed by atoms with Gasteiger partial charge in [0.15, 0.2) is 0 Å². The quantitative estimate of drug-likeness (QED) is 0.845. The highest BCUT2D eigenvalue weighted by atomic mass is 19.1. The summed E-state index contributed by atoms with van der Waals surface area (Å²) < 4.78 is 29.6. The monoisotopic (exact) mass is 347 g/mol. The molecule has 1 fully saturated rings. The van der Waals surface area contributed by atoms with E-state index in [0.717, 1.165) is 32.0 Å². The molecule has 0 aliphatic carbocycles. The lowest BCUT2D eigenvalue weighted by molar-refractivity contribution is -0.0635. The maximum Gasteiger partial charge on any atom is 0.132 e. The van der Waals surface area contributed by atoms with E-state index in [1.165, 1.54) is 17.7 Å². The third-order valence-corrected chi connectivity index (χ3v) is 5.12. The number of halogens is 2. The van der Waals surface area contributed by atoms with E-state index in [0.29, 0.717) is 0 Å². The Morgan fingerprint density at radius 1 is 1.32 bits per heavy atom. The molecule has 2 atom stereocenters. The molecule has 1 N–H and O–H groups in total. The predicted octanol–water partition coefficient (Wildman–Crippen LogP) is 3.09. The zero-order valence-electron chi connectivity index (χ0n) is 14.3. The van der Waals surface area contributed by atoms with Crippen LogP contribution in [0.5, 0.6) is 0 Å². The minimum absolute atomic E-state index is 0.0968. The van der Waals surface area contributed by atoms with Gasteiger partial charge in [0.05, 0.1) is 12.9 Å². The molecule has 0 unspecified atom stereocenters. The third kappa shape index (κ3) is 3.65. The molecule has 2 aromatic rings. The van der Waals surface area contributed by atoms with Crippen LogP contribution in [0.15, 0.2) is 49.1 Å². The number of rotatable bonds is 5. The highest BCUT2D eigenvalue weighted by Crippen LogP contribution is 2.34. The molecule has 1 aliphatic rings. The second kappa shape index (κ2) is 7.06. The fraction of sp³-hybridized carbons (Fsp3) is 0.421. The van der Waals surface area contributed by atoms with E-state index in [1.54, 1.807) is 23.3 Å². The van der Waals surface area contributed by atoms with Gasteiger partial charge in [0.1, 0.15) is 17.2 Å². The second-order valence-corrected chi connectivity index (χ2v) is 6.75. The Bertz CT molecular complexity index is 737. The molecule has 0 radical (unpaired) electrons. The first kappa shape index (κ1) is 17.8. The number of piperidine rings is 1. The van der Waals surface area contributed by atoms with Gasteiger partial charge in [0.25, 0.3) is 0 Å². The van der Waals surface area contributed by atoms with Gasteiger partial charge < -0.3 is 9.67 Å². The summed E-state index contributed by atoms with van der Waals surface area (Å²) in [6.45, 7) is 7.54. The van der Waals surface area contributed by atoms with Crippen LogP contribution in [0.2, 0.25) is 0 Å². The molecule has 1 aliphatic heterocycles. The lowest BCUT2D eigenvalue weighted by Gasteiger charge is -2.43. The van der Waals surface area contributed by atoms with Gasteiger partial charge in [-0.05, 0) is 25.8 Å². The van der Waals surface area contributed by atoms with Gasteiger partial charge in [0, 0.05) is 43.2 Å². The number of nitrogens with zero attached hydrogens (tertiary/aromatic N) is 3. The molecule has 1 aromatic carbocycles. The predicted molar refractivity (Wildman–Crippen MR) is 91.9 cm³/mol. The largest absolute Gasteiger partial charge is 0.382 e. The zero-order valence-corrected chi connectivity index (χ0v) is 14.3. The van der Waals surface area contributed by atoms with Crippen LogP contribution in [0.4, 0.5) is 8.78 Å². The summed E-state index contributed by atoms with van der Waals surface area (Å²) in [5, 5.41) is 11.5. The first-order chi connectivity index (χ1) is 11.9. The van der Waals surface area contributed by atoms with Crippen molar-refractivity contribution in [3.63, 3.8) is 0 Å². The molecule has 2 heterocycles. The Balaban J connectivity index is 1.97. The fourth-order valence-corrected chi connectivity index (χ4v) is 3.47. The van der Waals surface area contributed by atoms with Crippen LogP contribution >= 0.6 is 0 Å². The Kier molecular flexibility index (Phi) is 5.01. The summed E-state index contributed by atoms with van der Waals surface area (Å²) in [7, 11) is 0. The summed E-state index contributed by atoms with van der Waals surface area (Å²) >= 11 is 0. The van der Waals surface area contributed by atoms with Gasteiger partial charge in [-0.25, -0.2) is 13.8 Å². The summed E-state index contributed by atoms with van der Waals surface area (Å²) in [6, 6.07) is 2.98. The van der Waals surface area contributed by atoms with Crippen LogP contribution in [0, 0.1) is 11.6 Å². The molecule has 1 saturated heterocycles. The number of aliphatic hydroxyl groups is 1. The number of likely N-dealkylation sites (tertiary alicyclic amines) is 1. The summed E-state index contributed by atoms with van der Waals surface area (Å²) in [5.41, 5.74) is -0.231. The molecule has 0 spiro atoms. The maximum absolute atomic E-state index is 14.5. The van der Waals surface area contributed by atoms with Crippen molar-refractivity contribution in [1.82, 2.24) is 14.5 Å². The Labute approximate surface area is 146 Å². The SMILES string of the molecule is C=C1CCN([C@H](C)[C@](O)(Cn2ccnc2)c2ccc(F)cc2F)CC1. The first-order valence-electron chi connectivity index (χ1n) is 8.44. The van der Waals surface area contributed by atoms with Crippen LogP contribution in [0.3, 0.4) is 0 Å². The summed E-state index contributed by atoms with van der Waals surface area (Å²) in [4.78, 5) is 6.12. The molecule has 3 rings (SSSR count). The third-order valence-electron chi connectivity index (χ3n) is 5.12. The minimum Gasteiger partial charge on any atom is -0.382 e. The molecule has 0 bridgehead atoms. The van der Waals surface area contributed by atoms with Crippen molar-refractivity contribution in [2.45, 2.75) is 38.0 Å². The van der Waals surface area contributed by atoms with Gasteiger partial charge >= 0.3 is 0 Å². The van der Waals surface area contributed by atoms with Gasteiger partial charge in [0.2, 0.25) is 0 Å². The number of hydrogen-bond donors (Lipinski definition) is 1. The van der Waals surface area contributed by atoms with Crippen molar-refractivity contribution in [2.75, 3.05) is 13.1 Å². The van der Waals surface area contributed by atoms with Crippen LogP contribution in [0.1, 0.15) is 25.3 Å². The van der Waals surface area contributed by atoms with E-state index >= 15 is 0 Å². The molecule has 6 heteroatoms. The second-order valence-electron chi connectivity index (χ2n) is 6.75. The van der Waals surface area contributed by atoms with Gasteiger partial charge in [-0.15, -0.1) is 0 Å². The number of benzene rings is 1. The fourth-order valence-electron chi connectivity index (χ4n) is 3.47. The van der Waals surface area contributed by atoms with Crippen molar-refractivity contribution >= 4 is 0 Å². The van der Waals surface area contributed by atoms with Gasteiger partial charge in [-0.1, -0.05) is 18.2 Å². The van der Waals surface area contributed by atoms with Crippen LogP contribution in [0.25, 0.3) is 0 Å². The van der Waals surface area contributed by atoms with Crippen molar-refractivity contribution < 1.29 is 13.9 Å². The Morgan fingerprint density at radius 2 is 2.04 bits per heavy atom. The molecule has 25 heavy (non-hydrogen) atoms. The Morgan fingerprint density at radius 3 is 2.64 bits per heavy atom. The van der Waals surface area contributed by atoms with Crippen LogP contribution in [-0.2, 0) is 12.1 Å². The number of aromatic nitrogens is 2. The lowest BCUT2D eigenvalue weighted by Crippen LogP contribution is -2.53. The standard InChI is InChI=1S/C19H23F2N3O/c1-14-5-8-24(9-6-14)15(2)19(25,12-23-10-7-22-13-23)17-4-3-16(20)11-18(17)21/h3-4,7,10-11,13,15,25H,1,5-6,8-9,12H2,2H3/t15-,19-/m1/s1. The molecular weight excluding hydrogens is 324 g/mol. The highest BCUT2D eigenvalue weighted by molar-refractivity contribution is 5.27. The number of imidazole rings is 1. The van der Waals surface area contributed by atoms with E-state index in [2.05, 4.69) is 16.5 Å². The zero-order chi connectivity index (χ0) is 18.0. The molecule has 0 saturated carbocycles. The first-order valence-corrected chi connectivity index (χ1v) is 8.44. The molecular formula is C19H23F2N3O. The Hall–Kier alpha value is -2.05. The molecule has 0 amide bonds. The molecule has 1 aromatic heterocycles. The molecule has 134 valence electrons. The summed E-state index contributed by atoms with van der Waals surface area (Å²) in [6.07, 6.45) is 6.63. The normalized spacial score (nSPS) is 19.6. The smallest absolute Gasteiger partial charge is 0.132 e. The van der Waals surface area contributed by atoms with Crippen LogP contribution < -0.4 is 0 Å². The van der Waals surface area contributed by atoms with E-state index in [4.69, 9.17) is 0 Å². The van der Waals surface area contributed by atoms with E-state index in [-0.39, 0.29) is 18.2 Å². The highest BCUT2D eigenvalue weighted by Gasteiger charge is 2.42. The number of hydrogen-bond acceptors (Lipinski definition) is 3. The van der Waals surface area contributed by atoms with Gasteiger partial charge in [-0.2, -0.15) is 0 Å². The maximum atomic E-state index is 14.5. The molecule has 4 nitrogen and oxygen atoms in total. The topological polar surface area (TPSA) is 41.3 Å². The summed E-state index contributed by atoms with van der Waals surface area (Å²) in [5.74, 6) is -1.40. The van der Waals surface area contributed by atoms with Crippen molar-refractivity contribution in [2.24, 2.45) is 0 Å². The van der Waals surface area contributed by atoms with Crippen molar-refractivity contribution in [1.29, 1.82) is 0 Å². The average Bonchev–Trinajstić information content (AvgIpc) is 3.07. The average molecular weight is 347 g/mol.